The number of nitrogens with one attached hydrogen (secondary N) is 1. The molecular weight excluding hydrogens is 397 g/mol. The average Bonchev–Trinajstić information content (AvgIpc) is 3.32. The number of hydrogen-bond acceptors (Lipinski definition) is 4. The van der Waals surface area contributed by atoms with Gasteiger partial charge in [-0.1, -0.05) is 18.2 Å². The van der Waals surface area contributed by atoms with Crippen LogP contribution in [0.2, 0.25) is 0 Å². The van der Waals surface area contributed by atoms with Gasteiger partial charge in [0.2, 0.25) is 0 Å². The lowest BCUT2D eigenvalue weighted by Crippen LogP contribution is -2.10. The number of carboxylic acid groups (broad SMARTS) is 1. The summed E-state index contributed by atoms with van der Waals surface area (Å²) in [6, 6.07) is 15.5. The van der Waals surface area contributed by atoms with Gasteiger partial charge in [-0.05, 0) is 36.4 Å². The molecule has 0 radical (unpaired) electrons. The highest BCUT2D eigenvalue weighted by Crippen LogP contribution is 2.36. The van der Waals surface area contributed by atoms with Gasteiger partial charge in [0.05, 0.1) is 33.7 Å². The Kier molecular flexibility index (Phi) is 4.21. The van der Waals surface area contributed by atoms with Crippen molar-refractivity contribution in [2.45, 2.75) is 0 Å². The fraction of sp³-hybridized carbons (Fsp3) is 0.0870. The van der Waals surface area contributed by atoms with Crippen LogP contribution in [0.3, 0.4) is 0 Å². The number of aromatic nitrogens is 4. The summed E-state index contributed by atoms with van der Waals surface area (Å²) in [5.74, 6) is -1.33. The standard InChI is InChI=1S/C23H18FN5O2/c1-28(14-6-3-5-13(24)11-14)19-8-4-7-15-21(19)27-29(2)22(15)18-12-17-20(26-18)16(23(30)31)9-10-25-17/h3-12,26H,1-2H3,(H,30,31). The van der Waals surface area contributed by atoms with Crippen molar-refractivity contribution in [2.24, 2.45) is 7.05 Å². The minimum atomic E-state index is -1.02. The van der Waals surface area contributed by atoms with Gasteiger partial charge in [-0.3, -0.25) is 9.67 Å². The number of aromatic amines is 1. The largest absolute Gasteiger partial charge is 0.478 e. The second-order valence-corrected chi connectivity index (χ2v) is 7.29. The van der Waals surface area contributed by atoms with Crippen LogP contribution in [-0.2, 0) is 7.05 Å². The van der Waals surface area contributed by atoms with Crippen LogP contribution in [0.15, 0.2) is 60.8 Å². The van der Waals surface area contributed by atoms with Crippen LogP contribution in [0.4, 0.5) is 15.8 Å². The van der Waals surface area contributed by atoms with E-state index in [9.17, 15) is 14.3 Å². The number of halogens is 1. The lowest BCUT2D eigenvalue weighted by molar-refractivity contribution is 0.0698. The van der Waals surface area contributed by atoms with Crippen LogP contribution in [0.25, 0.3) is 33.3 Å². The molecule has 154 valence electrons. The van der Waals surface area contributed by atoms with E-state index in [1.165, 1.54) is 24.4 Å². The topological polar surface area (TPSA) is 87.0 Å². The molecule has 2 N–H and O–H groups in total. The van der Waals surface area contributed by atoms with Crippen LogP contribution in [0.5, 0.6) is 0 Å². The Bertz CT molecular complexity index is 1470. The number of anilines is 2. The molecule has 5 rings (SSSR count). The Morgan fingerprint density at radius 1 is 1.16 bits per heavy atom. The first-order valence-electron chi connectivity index (χ1n) is 9.60. The zero-order chi connectivity index (χ0) is 21.7. The van der Waals surface area contributed by atoms with Gasteiger partial charge >= 0.3 is 5.97 Å². The van der Waals surface area contributed by atoms with E-state index < -0.39 is 5.97 Å². The number of benzene rings is 2. The van der Waals surface area contributed by atoms with Gasteiger partial charge in [0.25, 0.3) is 0 Å². The van der Waals surface area contributed by atoms with Crippen molar-refractivity contribution >= 4 is 39.3 Å². The molecule has 5 aromatic rings. The number of carboxylic acids is 1. The summed E-state index contributed by atoms with van der Waals surface area (Å²) in [5.41, 5.74) is 4.99. The van der Waals surface area contributed by atoms with E-state index in [4.69, 9.17) is 5.10 Å². The van der Waals surface area contributed by atoms with Gasteiger partial charge in [-0.15, -0.1) is 0 Å². The molecule has 7 nitrogen and oxygen atoms in total. The first kappa shape index (κ1) is 18.8. The SMILES string of the molecule is CN(c1cccc(F)c1)c1cccc2c(-c3cc4nccc(C(=O)O)c4[nH]3)n(C)nc12. The minimum absolute atomic E-state index is 0.161. The highest BCUT2D eigenvalue weighted by molar-refractivity contribution is 6.05. The van der Waals surface area contributed by atoms with Crippen molar-refractivity contribution in [1.82, 2.24) is 19.7 Å². The number of fused-ring (bicyclic) bond motifs is 2. The fourth-order valence-electron chi connectivity index (χ4n) is 3.95. The van der Waals surface area contributed by atoms with Gasteiger partial charge < -0.3 is 15.0 Å². The Morgan fingerprint density at radius 3 is 2.74 bits per heavy atom. The minimum Gasteiger partial charge on any atom is -0.478 e. The zero-order valence-corrected chi connectivity index (χ0v) is 16.8. The van der Waals surface area contributed by atoms with Crippen LogP contribution < -0.4 is 4.90 Å². The number of aromatic carboxylic acids is 1. The van der Waals surface area contributed by atoms with Gasteiger partial charge in [0.1, 0.15) is 11.3 Å². The Balaban J connectivity index is 1.69. The van der Waals surface area contributed by atoms with Crippen molar-refractivity contribution in [3.8, 4) is 11.4 Å². The molecule has 0 spiro atoms. The monoisotopic (exact) mass is 415 g/mol. The van der Waals surface area contributed by atoms with Gasteiger partial charge in [0.15, 0.2) is 0 Å². The Labute approximate surface area is 176 Å². The van der Waals surface area contributed by atoms with E-state index >= 15 is 0 Å². The normalized spacial score (nSPS) is 11.3. The van der Waals surface area contributed by atoms with E-state index in [-0.39, 0.29) is 11.4 Å². The molecule has 3 aromatic heterocycles. The molecule has 0 atom stereocenters. The Hall–Kier alpha value is -4.20. The molecule has 0 unspecified atom stereocenters. The summed E-state index contributed by atoms with van der Waals surface area (Å²) in [4.78, 5) is 20.9. The smallest absolute Gasteiger partial charge is 0.337 e. The number of nitrogens with zero attached hydrogens (tertiary/aromatic N) is 4. The summed E-state index contributed by atoms with van der Waals surface area (Å²) >= 11 is 0. The molecular formula is C23H18FN5O2. The third kappa shape index (κ3) is 3.00. The summed E-state index contributed by atoms with van der Waals surface area (Å²) in [7, 11) is 3.70. The van der Waals surface area contributed by atoms with E-state index in [1.54, 1.807) is 10.7 Å². The van der Waals surface area contributed by atoms with Crippen molar-refractivity contribution in [3.05, 3.63) is 72.2 Å². The number of aryl methyl sites for hydroxylation is 1. The van der Waals surface area contributed by atoms with E-state index in [0.29, 0.717) is 22.4 Å². The number of rotatable bonds is 4. The molecule has 0 aliphatic rings. The predicted octanol–water partition coefficient (Wildman–Crippen LogP) is 4.72. The lowest BCUT2D eigenvalue weighted by atomic mass is 10.1. The predicted molar refractivity (Wildman–Crippen MR) is 117 cm³/mol. The zero-order valence-electron chi connectivity index (χ0n) is 16.8. The highest BCUT2D eigenvalue weighted by atomic mass is 19.1. The van der Waals surface area contributed by atoms with E-state index in [1.807, 2.05) is 49.3 Å². The number of pyridine rings is 1. The first-order chi connectivity index (χ1) is 14.9. The maximum Gasteiger partial charge on any atom is 0.337 e. The lowest BCUT2D eigenvalue weighted by Gasteiger charge is -2.19. The van der Waals surface area contributed by atoms with Crippen LogP contribution >= 0.6 is 0 Å². The molecule has 0 saturated carbocycles. The van der Waals surface area contributed by atoms with Crippen LogP contribution in [0.1, 0.15) is 10.4 Å². The molecule has 0 aliphatic carbocycles. The third-order valence-corrected chi connectivity index (χ3v) is 5.41. The highest BCUT2D eigenvalue weighted by Gasteiger charge is 2.20. The van der Waals surface area contributed by atoms with E-state index in [0.717, 1.165) is 22.3 Å². The summed E-state index contributed by atoms with van der Waals surface area (Å²) < 4.78 is 15.5. The first-order valence-corrected chi connectivity index (χ1v) is 9.60. The van der Waals surface area contributed by atoms with Crippen molar-refractivity contribution < 1.29 is 14.3 Å². The molecule has 0 fully saturated rings. The molecule has 0 amide bonds. The van der Waals surface area contributed by atoms with Crippen LogP contribution in [-0.4, -0.2) is 37.9 Å². The maximum absolute atomic E-state index is 13.7. The van der Waals surface area contributed by atoms with E-state index in [2.05, 4.69) is 9.97 Å². The second kappa shape index (κ2) is 6.94. The molecule has 0 bridgehead atoms. The molecule has 0 aliphatic heterocycles. The number of H-pyrrole nitrogens is 1. The van der Waals surface area contributed by atoms with Gasteiger partial charge in [-0.2, -0.15) is 5.10 Å². The quantitative estimate of drug-likeness (QED) is 0.443. The van der Waals surface area contributed by atoms with Crippen molar-refractivity contribution in [1.29, 1.82) is 0 Å². The molecule has 31 heavy (non-hydrogen) atoms. The summed E-state index contributed by atoms with van der Waals surface area (Å²) in [6.45, 7) is 0. The van der Waals surface area contributed by atoms with Crippen LogP contribution in [0, 0.1) is 5.82 Å². The molecule has 0 saturated heterocycles. The molecule has 2 aromatic carbocycles. The fourth-order valence-corrected chi connectivity index (χ4v) is 3.95. The second-order valence-electron chi connectivity index (χ2n) is 7.29. The summed E-state index contributed by atoms with van der Waals surface area (Å²) in [6.07, 6.45) is 1.48. The maximum atomic E-state index is 13.7. The molecule has 8 heteroatoms. The average molecular weight is 415 g/mol. The number of hydrogen-bond donors (Lipinski definition) is 2. The third-order valence-electron chi connectivity index (χ3n) is 5.41. The van der Waals surface area contributed by atoms with Crippen molar-refractivity contribution in [3.63, 3.8) is 0 Å². The Morgan fingerprint density at radius 2 is 1.97 bits per heavy atom. The summed E-state index contributed by atoms with van der Waals surface area (Å²) in [5, 5.41) is 15.1. The van der Waals surface area contributed by atoms with Gasteiger partial charge in [-0.25, -0.2) is 9.18 Å². The molecule has 3 heterocycles. The van der Waals surface area contributed by atoms with Crippen molar-refractivity contribution in [2.75, 3.05) is 11.9 Å². The van der Waals surface area contributed by atoms with Gasteiger partial charge in [0, 0.05) is 31.4 Å². The number of carbonyl (C=O) groups is 1.